The van der Waals surface area contributed by atoms with Gasteiger partial charge in [0.15, 0.2) is 11.4 Å². The average molecular weight is 489 g/mol. The summed E-state index contributed by atoms with van der Waals surface area (Å²) in [4.78, 5) is 18.5. The van der Waals surface area contributed by atoms with Crippen molar-refractivity contribution in [1.82, 2.24) is 9.88 Å². The molecule has 1 aliphatic heterocycles. The summed E-state index contributed by atoms with van der Waals surface area (Å²) in [6.45, 7) is 2.54. The maximum Gasteiger partial charge on any atom is 0.242 e. The van der Waals surface area contributed by atoms with Crippen LogP contribution in [0, 0.1) is 11.6 Å². The third-order valence-electron chi connectivity index (χ3n) is 6.44. The number of halogens is 3. The first-order chi connectivity index (χ1) is 16.2. The van der Waals surface area contributed by atoms with Gasteiger partial charge in [0.05, 0.1) is 22.2 Å². The fourth-order valence-corrected chi connectivity index (χ4v) is 4.56. The zero-order chi connectivity index (χ0) is 24.2. The first-order valence-electron chi connectivity index (χ1n) is 10.9. The molecule has 0 saturated heterocycles. The van der Waals surface area contributed by atoms with Gasteiger partial charge in [-0.05, 0) is 43.9 Å². The molecule has 1 amide bonds. The topological polar surface area (TPSA) is 108 Å². The fourth-order valence-electron chi connectivity index (χ4n) is 4.26. The standard InChI is InChI=1S/C24H23ClF2N4O3/c1-12(18-16(26)2-3-17(27)19(18)25)34-21-20-14(10-30-22(21)28)15(11-33-20)13-4-8-31(9-5-13)23(32)24(29)6-7-24/h2-4,10-12H,5-9,29H2,1H3,(H2,28,30)/t12-/m1/s1. The lowest BCUT2D eigenvalue weighted by Crippen LogP contribution is -2.47. The Kier molecular flexibility index (Phi) is 5.49. The van der Waals surface area contributed by atoms with Gasteiger partial charge in [-0.2, -0.15) is 0 Å². The molecular weight excluding hydrogens is 466 g/mol. The Labute approximate surface area is 199 Å². The normalized spacial score (nSPS) is 18.0. The first-order valence-corrected chi connectivity index (χ1v) is 11.3. The Morgan fingerprint density at radius 3 is 2.74 bits per heavy atom. The Morgan fingerprint density at radius 1 is 1.32 bits per heavy atom. The van der Waals surface area contributed by atoms with Crippen LogP contribution in [0.3, 0.4) is 0 Å². The smallest absolute Gasteiger partial charge is 0.242 e. The third kappa shape index (κ3) is 3.78. The monoisotopic (exact) mass is 488 g/mol. The van der Waals surface area contributed by atoms with Crippen LogP contribution in [0.25, 0.3) is 16.5 Å². The Hall–Kier alpha value is -3.17. The molecule has 1 aromatic carbocycles. The van der Waals surface area contributed by atoms with Crippen molar-refractivity contribution < 1.29 is 22.7 Å². The zero-order valence-electron chi connectivity index (χ0n) is 18.4. The number of amides is 1. The van der Waals surface area contributed by atoms with Crippen LogP contribution in [0.2, 0.25) is 5.02 Å². The van der Waals surface area contributed by atoms with Crippen LogP contribution in [0.15, 0.2) is 35.1 Å². The molecule has 0 unspecified atom stereocenters. The number of anilines is 1. The molecule has 0 spiro atoms. The van der Waals surface area contributed by atoms with Gasteiger partial charge in [-0.15, -0.1) is 0 Å². The number of carbonyl (C=O) groups excluding carboxylic acids is 1. The van der Waals surface area contributed by atoms with E-state index in [0.29, 0.717) is 30.5 Å². The van der Waals surface area contributed by atoms with Crippen molar-refractivity contribution in [3.63, 3.8) is 0 Å². The SMILES string of the molecule is C[C@@H](Oc1c(N)ncc2c(C3=CCN(C(=O)C4(N)CC4)CC3)coc12)c1c(F)ccc(F)c1Cl. The van der Waals surface area contributed by atoms with Crippen LogP contribution in [-0.2, 0) is 4.79 Å². The first kappa shape index (κ1) is 22.6. The van der Waals surface area contributed by atoms with Gasteiger partial charge in [0.1, 0.15) is 17.7 Å². The van der Waals surface area contributed by atoms with E-state index in [2.05, 4.69) is 4.98 Å². The molecule has 3 aromatic rings. The van der Waals surface area contributed by atoms with Crippen molar-refractivity contribution >= 4 is 39.9 Å². The van der Waals surface area contributed by atoms with E-state index in [4.69, 9.17) is 32.2 Å². The van der Waals surface area contributed by atoms with Gasteiger partial charge in [0.25, 0.3) is 0 Å². The van der Waals surface area contributed by atoms with Crippen LogP contribution in [0.5, 0.6) is 5.75 Å². The average Bonchev–Trinajstić information content (AvgIpc) is 3.43. The number of carbonyl (C=O) groups is 1. The minimum atomic E-state index is -0.967. The number of pyridine rings is 1. The van der Waals surface area contributed by atoms with Crippen LogP contribution in [-0.4, -0.2) is 34.4 Å². The molecular formula is C24H23ClF2N4O3. The number of furan rings is 1. The predicted octanol–water partition coefficient (Wildman–Crippen LogP) is 4.59. The molecule has 1 aliphatic carbocycles. The number of hydrogen-bond acceptors (Lipinski definition) is 6. The van der Waals surface area contributed by atoms with Gasteiger partial charge in [0.2, 0.25) is 11.7 Å². The lowest BCUT2D eigenvalue weighted by molar-refractivity contribution is -0.133. The summed E-state index contributed by atoms with van der Waals surface area (Å²) in [7, 11) is 0. The number of ether oxygens (including phenoxy) is 1. The second-order valence-corrected chi connectivity index (χ2v) is 9.15. The molecule has 10 heteroatoms. The maximum absolute atomic E-state index is 14.4. The largest absolute Gasteiger partial charge is 0.478 e. The van der Waals surface area contributed by atoms with Crippen molar-refractivity contribution in [3.8, 4) is 5.75 Å². The van der Waals surface area contributed by atoms with Gasteiger partial charge >= 0.3 is 0 Å². The minimum Gasteiger partial charge on any atom is -0.478 e. The lowest BCUT2D eigenvalue weighted by Gasteiger charge is -2.28. The highest BCUT2D eigenvalue weighted by Gasteiger charge is 2.48. The highest BCUT2D eigenvalue weighted by atomic mass is 35.5. The van der Waals surface area contributed by atoms with E-state index < -0.39 is 23.3 Å². The van der Waals surface area contributed by atoms with E-state index in [1.54, 1.807) is 17.4 Å². The van der Waals surface area contributed by atoms with Crippen LogP contribution in [0.1, 0.15) is 43.4 Å². The fraction of sp³-hybridized carbons (Fsp3) is 0.333. The molecule has 34 heavy (non-hydrogen) atoms. The van der Waals surface area contributed by atoms with E-state index >= 15 is 0 Å². The molecule has 2 aliphatic rings. The van der Waals surface area contributed by atoms with E-state index in [0.717, 1.165) is 36.1 Å². The molecule has 5 rings (SSSR count). The van der Waals surface area contributed by atoms with Gasteiger partial charge in [-0.1, -0.05) is 17.7 Å². The van der Waals surface area contributed by atoms with Crippen molar-refractivity contribution in [1.29, 1.82) is 0 Å². The van der Waals surface area contributed by atoms with Gasteiger partial charge in [-0.3, -0.25) is 4.79 Å². The molecule has 178 valence electrons. The zero-order valence-corrected chi connectivity index (χ0v) is 19.2. The van der Waals surface area contributed by atoms with E-state index in [1.807, 2.05) is 6.08 Å². The molecule has 2 aromatic heterocycles. The number of nitrogens with two attached hydrogens (primary N) is 2. The molecule has 3 heterocycles. The molecule has 1 fully saturated rings. The minimum absolute atomic E-state index is 0.0118. The lowest BCUT2D eigenvalue weighted by atomic mass is 9.99. The summed E-state index contributed by atoms with van der Waals surface area (Å²) < 4.78 is 39.9. The number of fused-ring (bicyclic) bond motifs is 1. The number of nitrogens with zero attached hydrogens (tertiary/aromatic N) is 2. The van der Waals surface area contributed by atoms with Gasteiger partial charge in [-0.25, -0.2) is 13.8 Å². The summed E-state index contributed by atoms with van der Waals surface area (Å²) in [6, 6.07) is 1.94. The number of benzene rings is 1. The Bertz CT molecular complexity index is 1340. The predicted molar refractivity (Wildman–Crippen MR) is 124 cm³/mol. The van der Waals surface area contributed by atoms with E-state index in [-0.39, 0.29) is 28.1 Å². The second kappa shape index (κ2) is 8.25. The number of nitrogen functional groups attached to an aromatic ring is 1. The third-order valence-corrected chi connectivity index (χ3v) is 6.82. The molecule has 4 N–H and O–H groups in total. The molecule has 1 saturated carbocycles. The molecule has 1 atom stereocenters. The second-order valence-electron chi connectivity index (χ2n) is 8.77. The Balaban J connectivity index is 1.43. The molecule has 0 bridgehead atoms. The van der Waals surface area contributed by atoms with E-state index in [1.165, 1.54) is 6.92 Å². The van der Waals surface area contributed by atoms with Crippen molar-refractivity contribution in [2.75, 3.05) is 18.8 Å². The van der Waals surface area contributed by atoms with Crippen molar-refractivity contribution in [2.24, 2.45) is 5.73 Å². The summed E-state index contributed by atoms with van der Waals surface area (Å²) in [5.74, 6) is -1.31. The van der Waals surface area contributed by atoms with Crippen LogP contribution < -0.4 is 16.2 Å². The van der Waals surface area contributed by atoms with Crippen LogP contribution in [0.4, 0.5) is 14.6 Å². The highest BCUT2D eigenvalue weighted by molar-refractivity contribution is 6.31. The van der Waals surface area contributed by atoms with Crippen molar-refractivity contribution in [3.05, 3.63) is 58.5 Å². The maximum atomic E-state index is 14.4. The van der Waals surface area contributed by atoms with Crippen LogP contribution >= 0.6 is 11.6 Å². The number of aromatic nitrogens is 1. The number of hydrogen-bond donors (Lipinski definition) is 2. The molecule has 7 nitrogen and oxygen atoms in total. The summed E-state index contributed by atoms with van der Waals surface area (Å²) in [5.41, 5.74) is 13.4. The Morgan fingerprint density at radius 2 is 2.06 bits per heavy atom. The van der Waals surface area contributed by atoms with Gasteiger partial charge < -0.3 is 25.5 Å². The van der Waals surface area contributed by atoms with E-state index in [9.17, 15) is 13.6 Å². The van der Waals surface area contributed by atoms with Gasteiger partial charge in [0, 0.05) is 30.4 Å². The highest BCUT2D eigenvalue weighted by Crippen LogP contribution is 2.41. The quantitative estimate of drug-likeness (QED) is 0.509. The summed E-state index contributed by atoms with van der Waals surface area (Å²) in [5, 5.41) is 0.300. The summed E-state index contributed by atoms with van der Waals surface area (Å²) in [6.07, 6.45) is 6.23. The summed E-state index contributed by atoms with van der Waals surface area (Å²) >= 11 is 5.98. The number of rotatable bonds is 5. The molecule has 0 radical (unpaired) electrons. The van der Waals surface area contributed by atoms with Crippen molar-refractivity contribution in [2.45, 2.75) is 37.8 Å².